The van der Waals surface area contributed by atoms with Crippen LogP contribution in [0.2, 0.25) is 5.02 Å². The van der Waals surface area contributed by atoms with Gasteiger partial charge >= 0.3 is 0 Å². The molecule has 23 heavy (non-hydrogen) atoms. The van der Waals surface area contributed by atoms with Crippen LogP contribution in [-0.4, -0.2) is 30.3 Å². The highest BCUT2D eigenvalue weighted by Crippen LogP contribution is 2.23. The van der Waals surface area contributed by atoms with Gasteiger partial charge in [-0.15, -0.1) is 0 Å². The number of hydrogen-bond donors (Lipinski definition) is 2. The van der Waals surface area contributed by atoms with Crippen molar-refractivity contribution in [3.05, 3.63) is 28.8 Å². The Morgan fingerprint density at radius 2 is 2.26 bits per heavy atom. The van der Waals surface area contributed by atoms with Gasteiger partial charge in [0.1, 0.15) is 5.75 Å². The summed E-state index contributed by atoms with van der Waals surface area (Å²) in [5, 5.41) is 13.3. The van der Waals surface area contributed by atoms with E-state index in [-0.39, 0.29) is 12.0 Å². The summed E-state index contributed by atoms with van der Waals surface area (Å²) >= 11 is 5.97. The normalized spacial score (nSPS) is 21.0. The highest BCUT2D eigenvalue weighted by molar-refractivity contribution is 6.31. The van der Waals surface area contributed by atoms with Crippen LogP contribution in [0.1, 0.15) is 44.1 Å². The largest absolute Gasteiger partial charge is 0.494 e. The molecule has 1 aromatic rings. The second-order valence-corrected chi connectivity index (χ2v) is 6.76. The number of amides is 1. The first kappa shape index (κ1) is 18.1. The number of aliphatic hydroxyl groups excluding tert-OH is 1. The molecule has 1 aliphatic carbocycles. The van der Waals surface area contributed by atoms with Gasteiger partial charge in [-0.05, 0) is 62.3 Å². The summed E-state index contributed by atoms with van der Waals surface area (Å²) in [5.74, 6) is 1.25. The molecule has 1 aliphatic rings. The molecule has 4 nitrogen and oxygen atoms in total. The summed E-state index contributed by atoms with van der Waals surface area (Å²) in [6.07, 6.45) is 4.79. The lowest BCUT2D eigenvalue weighted by Crippen LogP contribution is -2.33. The topological polar surface area (TPSA) is 58.6 Å². The predicted molar refractivity (Wildman–Crippen MR) is 91.9 cm³/mol. The van der Waals surface area contributed by atoms with E-state index in [0.29, 0.717) is 31.9 Å². The Labute approximate surface area is 143 Å². The zero-order valence-electron chi connectivity index (χ0n) is 13.7. The monoisotopic (exact) mass is 339 g/mol. The Bertz CT molecular complexity index is 521. The molecule has 2 N–H and O–H groups in total. The second-order valence-electron chi connectivity index (χ2n) is 6.35. The first-order valence-electron chi connectivity index (χ1n) is 8.38. The molecule has 2 unspecified atom stereocenters. The van der Waals surface area contributed by atoms with Crippen molar-refractivity contribution >= 4 is 17.5 Å². The lowest BCUT2D eigenvalue weighted by atomic mass is 9.87. The maximum atomic E-state index is 11.8. The minimum atomic E-state index is -0.193. The first-order valence-corrected chi connectivity index (χ1v) is 8.76. The van der Waals surface area contributed by atoms with Crippen molar-refractivity contribution in [3.8, 4) is 5.75 Å². The van der Waals surface area contributed by atoms with E-state index in [4.69, 9.17) is 16.3 Å². The molecule has 128 valence electrons. The van der Waals surface area contributed by atoms with Crippen LogP contribution in [0, 0.1) is 12.8 Å². The highest BCUT2D eigenvalue weighted by atomic mass is 35.5. The molecule has 0 aliphatic heterocycles. The van der Waals surface area contributed by atoms with E-state index in [9.17, 15) is 9.90 Å². The van der Waals surface area contributed by atoms with Gasteiger partial charge in [-0.1, -0.05) is 18.0 Å². The fraction of sp³-hybridized carbons (Fsp3) is 0.611. The van der Waals surface area contributed by atoms with Crippen molar-refractivity contribution < 1.29 is 14.6 Å². The molecule has 1 aromatic carbocycles. The predicted octanol–water partition coefficient (Wildman–Crippen LogP) is 3.47. The molecule has 0 saturated heterocycles. The number of aliphatic hydroxyl groups is 1. The van der Waals surface area contributed by atoms with Crippen LogP contribution in [0.3, 0.4) is 0 Å². The van der Waals surface area contributed by atoms with E-state index in [1.807, 2.05) is 25.1 Å². The van der Waals surface area contributed by atoms with E-state index in [1.54, 1.807) is 0 Å². The van der Waals surface area contributed by atoms with Crippen molar-refractivity contribution in [1.29, 1.82) is 0 Å². The van der Waals surface area contributed by atoms with Gasteiger partial charge in [-0.3, -0.25) is 4.79 Å². The van der Waals surface area contributed by atoms with Gasteiger partial charge < -0.3 is 15.2 Å². The van der Waals surface area contributed by atoms with E-state index in [0.717, 1.165) is 42.0 Å². The zero-order valence-corrected chi connectivity index (χ0v) is 14.4. The number of carbonyl (C=O) groups excluding carboxylic acids is 1. The fourth-order valence-corrected chi connectivity index (χ4v) is 3.04. The van der Waals surface area contributed by atoms with Gasteiger partial charge in [-0.25, -0.2) is 0 Å². The number of carbonyl (C=O) groups is 1. The third-order valence-corrected chi connectivity index (χ3v) is 4.71. The molecule has 1 saturated carbocycles. The van der Waals surface area contributed by atoms with Gasteiger partial charge in [0, 0.05) is 18.0 Å². The smallest absolute Gasteiger partial charge is 0.220 e. The standard InChI is InChI=1S/C18H26ClNO3/c1-13-10-16(7-8-17(13)19)23-9-3-6-18(22)20-12-14-4-2-5-15(21)11-14/h7-8,10,14-15,21H,2-6,9,11-12H2,1H3,(H,20,22). The fourth-order valence-electron chi connectivity index (χ4n) is 2.92. The first-order chi connectivity index (χ1) is 11.0. The van der Waals surface area contributed by atoms with Crippen LogP contribution in [-0.2, 0) is 4.79 Å². The minimum absolute atomic E-state index is 0.0564. The van der Waals surface area contributed by atoms with Crippen LogP contribution in [0.4, 0.5) is 0 Å². The van der Waals surface area contributed by atoms with E-state index in [1.165, 1.54) is 0 Å². The Morgan fingerprint density at radius 3 is 3.00 bits per heavy atom. The molecular weight excluding hydrogens is 314 g/mol. The molecule has 0 aromatic heterocycles. The molecule has 1 amide bonds. The molecular formula is C18H26ClNO3. The summed E-state index contributed by atoms with van der Waals surface area (Å²) in [7, 11) is 0. The molecule has 2 rings (SSSR count). The van der Waals surface area contributed by atoms with Crippen LogP contribution in [0.15, 0.2) is 18.2 Å². The maximum Gasteiger partial charge on any atom is 0.220 e. The van der Waals surface area contributed by atoms with Crippen molar-refractivity contribution in [2.45, 2.75) is 51.6 Å². The van der Waals surface area contributed by atoms with Crippen LogP contribution < -0.4 is 10.1 Å². The average molecular weight is 340 g/mol. The number of hydrogen-bond acceptors (Lipinski definition) is 3. The van der Waals surface area contributed by atoms with Crippen molar-refractivity contribution in [1.82, 2.24) is 5.32 Å². The molecule has 0 bridgehead atoms. The molecule has 1 fully saturated rings. The maximum absolute atomic E-state index is 11.8. The van der Waals surface area contributed by atoms with E-state index < -0.39 is 0 Å². The zero-order chi connectivity index (χ0) is 16.7. The van der Waals surface area contributed by atoms with Gasteiger partial charge in [0.2, 0.25) is 5.91 Å². The van der Waals surface area contributed by atoms with Crippen molar-refractivity contribution in [3.63, 3.8) is 0 Å². The Hall–Kier alpha value is -1.26. The van der Waals surface area contributed by atoms with Gasteiger partial charge in [0.05, 0.1) is 12.7 Å². The molecule has 0 radical (unpaired) electrons. The second kappa shape index (κ2) is 9.14. The molecule has 0 spiro atoms. The summed E-state index contributed by atoms with van der Waals surface area (Å²) in [6.45, 7) is 3.12. The number of aryl methyl sites for hydroxylation is 1. The lowest BCUT2D eigenvalue weighted by molar-refractivity contribution is -0.121. The quantitative estimate of drug-likeness (QED) is 0.748. The molecule has 2 atom stereocenters. The van der Waals surface area contributed by atoms with E-state index in [2.05, 4.69) is 5.32 Å². The van der Waals surface area contributed by atoms with Gasteiger partial charge in [-0.2, -0.15) is 0 Å². The Morgan fingerprint density at radius 1 is 1.43 bits per heavy atom. The van der Waals surface area contributed by atoms with Gasteiger partial charge in [0.25, 0.3) is 0 Å². The molecule has 0 heterocycles. The summed E-state index contributed by atoms with van der Waals surface area (Å²) in [6, 6.07) is 5.55. The van der Waals surface area contributed by atoms with Crippen LogP contribution >= 0.6 is 11.6 Å². The van der Waals surface area contributed by atoms with E-state index >= 15 is 0 Å². The van der Waals surface area contributed by atoms with Crippen LogP contribution in [0.25, 0.3) is 0 Å². The number of halogens is 1. The molecule has 5 heteroatoms. The number of rotatable bonds is 7. The number of nitrogens with one attached hydrogen (secondary N) is 1. The van der Waals surface area contributed by atoms with Crippen molar-refractivity contribution in [2.24, 2.45) is 5.92 Å². The summed E-state index contributed by atoms with van der Waals surface area (Å²) in [4.78, 5) is 11.8. The highest BCUT2D eigenvalue weighted by Gasteiger charge is 2.20. The third-order valence-electron chi connectivity index (χ3n) is 4.29. The number of benzene rings is 1. The summed E-state index contributed by atoms with van der Waals surface area (Å²) in [5.41, 5.74) is 0.983. The minimum Gasteiger partial charge on any atom is -0.494 e. The van der Waals surface area contributed by atoms with Crippen molar-refractivity contribution in [2.75, 3.05) is 13.2 Å². The van der Waals surface area contributed by atoms with Gasteiger partial charge in [0.15, 0.2) is 0 Å². The average Bonchev–Trinajstić information content (AvgIpc) is 2.53. The Balaban J connectivity index is 1.58. The lowest BCUT2D eigenvalue weighted by Gasteiger charge is -2.25. The summed E-state index contributed by atoms with van der Waals surface area (Å²) < 4.78 is 5.63. The van der Waals surface area contributed by atoms with Crippen LogP contribution in [0.5, 0.6) is 5.75 Å². The SMILES string of the molecule is Cc1cc(OCCCC(=O)NCC2CCCC(O)C2)ccc1Cl. The number of ether oxygens (including phenoxy) is 1. The Kier molecular flexibility index (Phi) is 7.18. The third kappa shape index (κ3) is 6.40.